The van der Waals surface area contributed by atoms with E-state index in [1.165, 1.54) is 12.8 Å². The van der Waals surface area contributed by atoms with Crippen molar-refractivity contribution in [1.29, 1.82) is 0 Å². The lowest BCUT2D eigenvalue weighted by molar-refractivity contribution is -0.139. The molecule has 18 heavy (non-hydrogen) atoms. The van der Waals surface area contributed by atoms with Gasteiger partial charge in [-0.1, -0.05) is 13.3 Å². The average Bonchev–Trinajstić information content (AvgIpc) is 2.94. The molecule has 3 atom stereocenters. The number of hydrogen-bond acceptors (Lipinski definition) is 2. The number of carbonyl (C=O) groups excluding carboxylic acids is 2. The van der Waals surface area contributed by atoms with Gasteiger partial charge < -0.3 is 9.80 Å². The van der Waals surface area contributed by atoms with Crippen molar-refractivity contribution in [2.24, 2.45) is 5.92 Å². The zero-order chi connectivity index (χ0) is 12.7. The molecule has 2 amide bonds. The molecule has 0 aromatic rings. The van der Waals surface area contributed by atoms with Crippen molar-refractivity contribution in [2.45, 2.75) is 57.5 Å². The summed E-state index contributed by atoms with van der Waals surface area (Å²) in [6, 6.07) is 0.300. The van der Waals surface area contributed by atoms with Gasteiger partial charge in [0.25, 0.3) is 0 Å². The molecule has 0 spiro atoms. The first-order chi connectivity index (χ1) is 8.72. The molecule has 1 aliphatic carbocycles. The van der Waals surface area contributed by atoms with Gasteiger partial charge in [0.15, 0.2) is 0 Å². The number of hydrogen-bond donors (Lipinski definition) is 0. The second-order valence-corrected chi connectivity index (χ2v) is 5.88. The molecule has 2 saturated heterocycles. The quantitative estimate of drug-likeness (QED) is 0.759. The molecule has 0 N–H and O–H groups in total. The van der Waals surface area contributed by atoms with Gasteiger partial charge in [-0.05, 0) is 31.6 Å². The average molecular weight is 250 g/mol. The van der Waals surface area contributed by atoms with Crippen molar-refractivity contribution in [1.82, 2.24) is 9.80 Å². The lowest BCUT2D eigenvalue weighted by Crippen LogP contribution is -2.44. The van der Waals surface area contributed by atoms with Crippen LogP contribution in [0.3, 0.4) is 0 Å². The number of rotatable bonds is 3. The SMILES string of the molecule is CCCC1CC1N1CCC(=O)N2CCCC2C1=O. The molecule has 4 nitrogen and oxygen atoms in total. The van der Waals surface area contributed by atoms with Crippen LogP contribution in [0, 0.1) is 5.92 Å². The second-order valence-electron chi connectivity index (χ2n) is 5.88. The highest BCUT2D eigenvalue weighted by Gasteiger charge is 2.48. The van der Waals surface area contributed by atoms with Crippen molar-refractivity contribution in [2.75, 3.05) is 13.1 Å². The van der Waals surface area contributed by atoms with Gasteiger partial charge in [-0.3, -0.25) is 9.59 Å². The largest absolute Gasteiger partial charge is 0.337 e. The van der Waals surface area contributed by atoms with Gasteiger partial charge in [0.05, 0.1) is 0 Å². The van der Waals surface area contributed by atoms with Gasteiger partial charge in [0.2, 0.25) is 11.8 Å². The minimum Gasteiger partial charge on any atom is -0.337 e. The van der Waals surface area contributed by atoms with Crippen LogP contribution in [0.2, 0.25) is 0 Å². The fourth-order valence-corrected chi connectivity index (χ4v) is 3.61. The van der Waals surface area contributed by atoms with Gasteiger partial charge in [-0.2, -0.15) is 0 Å². The summed E-state index contributed by atoms with van der Waals surface area (Å²) >= 11 is 0. The van der Waals surface area contributed by atoms with Crippen molar-refractivity contribution >= 4 is 11.8 Å². The van der Waals surface area contributed by atoms with Gasteiger partial charge in [-0.15, -0.1) is 0 Å². The van der Waals surface area contributed by atoms with E-state index in [2.05, 4.69) is 6.92 Å². The maximum atomic E-state index is 12.5. The van der Waals surface area contributed by atoms with Crippen LogP contribution in [0.4, 0.5) is 0 Å². The Morgan fingerprint density at radius 1 is 1.22 bits per heavy atom. The summed E-state index contributed by atoms with van der Waals surface area (Å²) < 4.78 is 0. The fraction of sp³-hybridized carbons (Fsp3) is 0.857. The first kappa shape index (κ1) is 12.0. The Balaban J connectivity index is 1.72. The molecule has 0 aromatic carbocycles. The lowest BCUT2D eigenvalue weighted by atomic mass is 10.2. The van der Waals surface area contributed by atoms with E-state index in [1.807, 2.05) is 9.80 Å². The van der Waals surface area contributed by atoms with Crippen LogP contribution < -0.4 is 0 Å². The Kier molecular flexibility index (Phi) is 3.04. The molecule has 3 fully saturated rings. The normalized spacial score (nSPS) is 35.7. The van der Waals surface area contributed by atoms with Crippen molar-refractivity contribution in [3.63, 3.8) is 0 Å². The van der Waals surface area contributed by atoms with E-state index in [1.54, 1.807) is 0 Å². The zero-order valence-electron chi connectivity index (χ0n) is 11.1. The van der Waals surface area contributed by atoms with Crippen LogP contribution in [0.5, 0.6) is 0 Å². The molecular formula is C14H22N2O2. The van der Waals surface area contributed by atoms with E-state index >= 15 is 0 Å². The smallest absolute Gasteiger partial charge is 0.245 e. The van der Waals surface area contributed by atoms with Crippen LogP contribution >= 0.6 is 0 Å². The Hall–Kier alpha value is -1.06. The Labute approximate surface area is 108 Å². The highest BCUT2D eigenvalue weighted by Crippen LogP contribution is 2.41. The summed E-state index contributed by atoms with van der Waals surface area (Å²) in [6.07, 6.45) is 5.94. The van der Waals surface area contributed by atoms with E-state index in [0.29, 0.717) is 24.9 Å². The Morgan fingerprint density at radius 2 is 2.06 bits per heavy atom. The fourth-order valence-electron chi connectivity index (χ4n) is 3.61. The second kappa shape index (κ2) is 4.56. The summed E-state index contributed by atoms with van der Waals surface area (Å²) in [7, 11) is 0. The maximum absolute atomic E-state index is 12.5. The molecule has 3 aliphatic rings. The first-order valence-corrected chi connectivity index (χ1v) is 7.32. The number of fused-ring (bicyclic) bond motifs is 1. The molecule has 1 saturated carbocycles. The third kappa shape index (κ3) is 1.91. The summed E-state index contributed by atoms with van der Waals surface area (Å²) in [5.74, 6) is 1.10. The first-order valence-electron chi connectivity index (χ1n) is 7.32. The zero-order valence-corrected chi connectivity index (χ0v) is 11.1. The minimum absolute atomic E-state index is 0.136. The van der Waals surface area contributed by atoms with Crippen molar-refractivity contribution in [3.05, 3.63) is 0 Å². The summed E-state index contributed by atoms with van der Waals surface area (Å²) in [5, 5.41) is 0. The van der Waals surface area contributed by atoms with Gasteiger partial charge in [0, 0.05) is 25.6 Å². The molecular weight excluding hydrogens is 228 g/mol. The van der Waals surface area contributed by atoms with Crippen molar-refractivity contribution < 1.29 is 9.59 Å². The van der Waals surface area contributed by atoms with Crippen LogP contribution in [0.15, 0.2) is 0 Å². The third-order valence-electron chi connectivity index (χ3n) is 4.65. The number of carbonyl (C=O) groups is 2. The topological polar surface area (TPSA) is 40.6 Å². The van der Waals surface area contributed by atoms with Crippen LogP contribution in [0.1, 0.15) is 45.4 Å². The Morgan fingerprint density at radius 3 is 2.83 bits per heavy atom. The molecule has 4 heteroatoms. The maximum Gasteiger partial charge on any atom is 0.245 e. The highest BCUT2D eigenvalue weighted by molar-refractivity contribution is 5.90. The molecule has 3 unspecified atom stereocenters. The number of amides is 2. The van der Waals surface area contributed by atoms with Gasteiger partial charge in [0.1, 0.15) is 6.04 Å². The van der Waals surface area contributed by atoms with Crippen LogP contribution in [-0.4, -0.2) is 46.8 Å². The molecule has 2 heterocycles. The summed E-state index contributed by atoms with van der Waals surface area (Å²) in [6.45, 7) is 3.63. The molecule has 0 bridgehead atoms. The Bertz CT molecular complexity index is 369. The number of nitrogens with zero attached hydrogens (tertiary/aromatic N) is 2. The minimum atomic E-state index is -0.136. The van der Waals surface area contributed by atoms with E-state index in [-0.39, 0.29) is 17.9 Å². The lowest BCUT2D eigenvalue weighted by Gasteiger charge is -2.25. The van der Waals surface area contributed by atoms with Gasteiger partial charge >= 0.3 is 0 Å². The summed E-state index contributed by atoms with van der Waals surface area (Å²) in [5.41, 5.74) is 0. The molecule has 3 rings (SSSR count). The van der Waals surface area contributed by atoms with Crippen LogP contribution in [0.25, 0.3) is 0 Å². The van der Waals surface area contributed by atoms with Crippen LogP contribution in [-0.2, 0) is 9.59 Å². The van der Waals surface area contributed by atoms with Crippen molar-refractivity contribution in [3.8, 4) is 0 Å². The third-order valence-corrected chi connectivity index (χ3v) is 4.65. The van der Waals surface area contributed by atoms with E-state index < -0.39 is 0 Å². The molecule has 0 aromatic heterocycles. The van der Waals surface area contributed by atoms with E-state index in [4.69, 9.17) is 0 Å². The molecule has 0 radical (unpaired) electrons. The molecule has 2 aliphatic heterocycles. The molecule has 100 valence electrons. The van der Waals surface area contributed by atoms with E-state index in [9.17, 15) is 9.59 Å². The summed E-state index contributed by atoms with van der Waals surface area (Å²) in [4.78, 5) is 28.4. The standard InChI is InChI=1S/C14H22N2O2/c1-2-4-10-9-12(10)16-8-6-13(17)15-7-3-5-11(15)14(16)18/h10-12H,2-9H2,1H3. The predicted molar refractivity (Wildman–Crippen MR) is 67.9 cm³/mol. The highest BCUT2D eigenvalue weighted by atomic mass is 16.2. The monoisotopic (exact) mass is 250 g/mol. The van der Waals surface area contributed by atoms with Gasteiger partial charge in [-0.25, -0.2) is 0 Å². The van der Waals surface area contributed by atoms with E-state index in [0.717, 1.165) is 25.8 Å². The predicted octanol–water partition coefficient (Wildman–Crippen LogP) is 1.40.